The van der Waals surface area contributed by atoms with Crippen molar-refractivity contribution in [3.8, 4) is 6.01 Å². The van der Waals surface area contributed by atoms with Crippen molar-refractivity contribution in [3.05, 3.63) is 52.5 Å². The Bertz CT molecular complexity index is 798. The third-order valence-corrected chi connectivity index (χ3v) is 4.25. The molecule has 132 valence electrons. The fourth-order valence-electron chi connectivity index (χ4n) is 2.87. The Hall–Kier alpha value is -2.77. The number of ether oxygens (including phenoxy) is 1. The Morgan fingerprint density at radius 3 is 2.64 bits per heavy atom. The van der Waals surface area contributed by atoms with Crippen LogP contribution in [0.2, 0.25) is 0 Å². The molecule has 1 fully saturated rings. The summed E-state index contributed by atoms with van der Waals surface area (Å²) in [6, 6.07) is 3.34. The molecule has 0 spiro atoms. The van der Waals surface area contributed by atoms with Crippen LogP contribution in [0.25, 0.3) is 0 Å². The van der Waals surface area contributed by atoms with E-state index in [-0.39, 0.29) is 35.2 Å². The van der Waals surface area contributed by atoms with Crippen LogP contribution in [0.3, 0.4) is 0 Å². The van der Waals surface area contributed by atoms with Crippen LogP contribution in [0.5, 0.6) is 6.01 Å². The second-order valence-electron chi connectivity index (χ2n) is 6.09. The molecule has 0 radical (unpaired) electrons. The zero-order valence-electron chi connectivity index (χ0n) is 13.8. The van der Waals surface area contributed by atoms with Crippen molar-refractivity contribution < 1.29 is 13.9 Å². The van der Waals surface area contributed by atoms with E-state index < -0.39 is 5.82 Å². The van der Waals surface area contributed by atoms with Crippen LogP contribution in [0, 0.1) is 5.82 Å². The zero-order valence-corrected chi connectivity index (χ0v) is 13.8. The molecule has 1 N–H and O–H groups in total. The Morgan fingerprint density at radius 1 is 1.28 bits per heavy atom. The molecule has 0 aliphatic heterocycles. The van der Waals surface area contributed by atoms with Crippen molar-refractivity contribution in [2.75, 3.05) is 0 Å². The zero-order chi connectivity index (χ0) is 17.8. The van der Waals surface area contributed by atoms with Gasteiger partial charge in [0.05, 0.1) is 12.4 Å². The second kappa shape index (κ2) is 7.42. The monoisotopic (exact) mass is 346 g/mol. The third-order valence-electron chi connectivity index (χ3n) is 4.25. The van der Waals surface area contributed by atoms with Crippen LogP contribution in [0.15, 0.2) is 35.5 Å². The fraction of sp³-hybridized carbons (Fsp3) is 0.412. The fourth-order valence-corrected chi connectivity index (χ4v) is 2.87. The molecule has 3 rings (SSSR count). The summed E-state index contributed by atoms with van der Waals surface area (Å²) in [5.41, 5.74) is -0.173. The van der Waals surface area contributed by atoms with E-state index in [0.717, 1.165) is 38.1 Å². The van der Waals surface area contributed by atoms with Crippen molar-refractivity contribution in [2.24, 2.45) is 7.05 Å². The number of pyridine rings is 1. The summed E-state index contributed by atoms with van der Waals surface area (Å²) >= 11 is 0. The predicted molar refractivity (Wildman–Crippen MR) is 87.8 cm³/mol. The number of aryl methyl sites for hydroxylation is 1. The van der Waals surface area contributed by atoms with Gasteiger partial charge in [0.2, 0.25) is 0 Å². The van der Waals surface area contributed by atoms with Gasteiger partial charge in [0.25, 0.3) is 11.5 Å². The van der Waals surface area contributed by atoms with E-state index >= 15 is 0 Å². The van der Waals surface area contributed by atoms with Gasteiger partial charge in [0.1, 0.15) is 11.7 Å². The van der Waals surface area contributed by atoms with Crippen molar-refractivity contribution in [1.82, 2.24) is 19.9 Å². The minimum Gasteiger partial charge on any atom is -0.460 e. The van der Waals surface area contributed by atoms with Gasteiger partial charge >= 0.3 is 6.01 Å². The van der Waals surface area contributed by atoms with Crippen LogP contribution in [-0.4, -0.2) is 32.6 Å². The standard InChI is InChI=1S/C17H19FN4O3/c1-22-8-2-3-14(16(22)24)15(23)21-12-4-6-13(7-5-12)25-17-19-9-11(18)10-20-17/h2-3,8-10,12-13H,4-7H2,1H3,(H,21,23). The lowest BCUT2D eigenvalue weighted by atomic mass is 9.93. The molecule has 1 saturated carbocycles. The Labute approximate surface area is 143 Å². The lowest BCUT2D eigenvalue weighted by Crippen LogP contribution is -2.41. The molecule has 0 saturated heterocycles. The van der Waals surface area contributed by atoms with Crippen LogP contribution in [0.4, 0.5) is 4.39 Å². The van der Waals surface area contributed by atoms with Crippen LogP contribution in [0.1, 0.15) is 36.0 Å². The van der Waals surface area contributed by atoms with Gasteiger partial charge in [0, 0.05) is 19.3 Å². The van der Waals surface area contributed by atoms with Crippen molar-refractivity contribution in [3.63, 3.8) is 0 Å². The molecule has 1 amide bonds. The van der Waals surface area contributed by atoms with Crippen LogP contribution < -0.4 is 15.6 Å². The Morgan fingerprint density at radius 2 is 1.96 bits per heavy atom. The molecule has 25 heavy (non-hydrogen) atoms. The number of carbonyl (C=O) groups excluding carboxylic acids is 1. The molecule has 2 heterocycles. The van der Waals surface area contributed by atoms with Gasteiger partial charge < -0.3 is 14.6 Å². The SMILES string of the molecule is Cn1cccc(C(=O)NC2CCC(Oc3ncc(F)cn3)CC2)c1=O. The van der Waals surface area contributed by atoms with E-state index in [1.807, 2.05) is 0 Å². The number of rotatable bonds is 4. The van der Waals surface area contributed by atoms with Gasteiger partial charge in [-0.25, -0.2) is 14.4 Å². The molecule has 0 bridgehead atoms. The summed E-state index contributed by atoms with van der Waals surface area (Å²) < 4.78 is 19.8. The van der Waals surface area contributed by atoms with Gasteiger partial charge in [-0.15, -0.1) is 0 Å². The van der Waals surface area contributed by atoms with E-state index in [1.54, 1.807) is 19.3 Å². The van der Waals surface area contributed by atoms with Crippen molar-refractivity contribution in [2.45, 2.75) is 37.8 Å². The lowest BCUT2D eigenvalue weighted by molar-refractivity contribution is 0.0883. The summed E-state index contributed by atoms with van der Waals surface area (Å²) in [6.07, 6.45) is 6.57. The van der Waals surface area contributed by atoms with E-state index in [1.165, 1.54) is 10.6 Å². The number of hydrogen-bond acceptors (Lipinski definition) is 5. The van der Waals surface area contributed by atoms with E-state index in [2.05, 4.69) is 15.3 Å². The third kappa shape index (κ3) is 4.20. The molecular formula is C17H19FN4O3. The number of hydrogen-bond donors (Lipinski definition) is 1. The Kier molecular flexibility index (Phi) is 5.06. The number of halogens is 1. The average Bonchev–Trinajstić information content (AvgIpc) is 2.61. The summed E-state index contributed by atoms with van der Waals surface area (Å²) in [6.45, 7) is 0. The van der Waals surface area contributed by atoms with E-state index in [9.17, 15) is 14.0 Å². The highest BCUT2D eigenvalue weighted by Gasteiger charge is 2.25. The quantitative estimate of drug-likeness (QED) is 0.905. The van der Waals surface area contributed by atoms with Gasteiger partial charge in [0.15, 0.2) is 5.82 Å². The smallest absolute Gasteiger partial charge is 0.316 e. The van der Waals surface area contributed by atoms with Crippen molar-refractivity contribution in [1.29, 1.82) is 0 Å². The van der Waals surface area contributed by atoms with Crippen LogP contribution >= 0.6 is 0 Å². The Balaban J connectivity index is 1.52. The lowest BCUT2D eigenvalue weighted by Gasteiger charge is -2.28. The first-order valence-electron chi connectivity index (χ1n) is 8.13. The summed E-state index contributed by atoms with van der Waals surface area (Å²) in [5.74, 6) is -0.863. The highest BCUT2D eigenvalue weighted by molar-refractivity contribution is 5.93. The topological polar surface area (TPSA) is 86.1 Å². The van der Waals surface area contributed by atoms with Crippen LogP contribution in [-0.2, 0) is 7.05 Å². The van der Waals surface area contributed by atoms with Gasteiger partial charge in [-0.05, 0) is 37.8 Å². The maximum absolute atomic E-state index is 12.8. The van der Waals surface area contributed by atoms with E-state index in [0.29, 0.717) is 0 Å². The first-order chi connectivity index (χ1) is 12.0. The summed E-state index contributed by atoms with van der Waals surface area (Å²) in [7, 11) is 1.61. The summed E-state index contributed by atoms with van der Waals surface area (Å²) in [4.78, 5) is 31.8. The number of nitrogens with zero attached hydrogens (tertiary/aromatic N) is 3. The first kappa shape index (κ1) is 17.1. The molecule has 0 aromatic carbocycles. The second-order valence-corrected chi connectivity index (χ2v) is 6.09. The summed E-state index contributed by atoms with van der Waals surface area (Å²) in [5, 5.41) is 2.91. The predicted octanol–water partition coefficient (Wildman–Crippen LogP) is 1.43. The number of carbonyl (C=O) groups is 1. The molecule has 7 nitrogen and oxygen atoms in total. The van der Waals surface area contributed by atoms with E-state index in [4.69, 9.17) is 4.74 Å². The molecule has 1 aliphatic carbocycles. The van der Waals surface area contributed by atoms with Gasteiger partial charge in [-0.1, -0.05) is 0 Å². The highest BCUT2D eigenvalue weighted by Crippen LogP contribution is 2.22. The number of amides is 1. The first-order valence-corrected chi connectivity index (χ1v) is 8.13. The molecule has 0 atom stereocenters. The molecule has 1 aliphatic rings. The van der Waals surface area contributed by atoms with Gasteiger partial charge in [-0.3, -0.25) is 9.59 Å². The maximum atomic E-state index is 12.8. The molecule has 8 heteroatoms. The maximum Gasteiger partial charge on any atom is 0.316 e. The molecular weight excluding hydrogens is 327 g/mol. The van der Waals surface area contributed by atoms with Crippen molar-refractivity contribution >= 4 is 5.91 Å². The highest BCUT2D eigenvalue weighted by atomic mass is 19.1. The normalized spacial score (nSPS) is 20.1. The molecule has 2 aromatic heterocycles. The minimum atomic E-state index is -0.508. The molecule has 0 unspecified atom stereocenters. The minimum absolute atomic E-state index is 0.00796. The average molecular weight is 346 g/mol. The largest absolute Gasteiger partial charge is 0.460 e. The molecule has 2 aromatic rings. The van der Waals surface area contributed by atoms with Gasteiger partial charge in [-0.2, -0.15) is 0 Å². The number of aromatic nitrogens is 3. The number of nitrogens with one attached hydrogen (secondary N) is 1.